The van der Waals surface area contributed by atoms with Crippen LogP contribution in [0.15, 0.2) is 24.3 Å². The minimum absolute atomic E-state index is 0.151. The molecule has 1 N–H and O–H groups in total. The highest BCUT2D eigenvalue weighted by Gasteiger charge is 2.08. The van der Waals surface area contributed by atoms with Crippen molar-refractivity contribution in [2.45, 2.75) is 45.9 Å². The molecule has 0 fully saturated rings. The summed E-state index contributed by atoms with van der Waals surface area (Å²) in [6.07, 6.45) is 1.08. The summed E-state index contributed by atoms with van der Waals surface area (Å²) in [4.78, 5) is 2.18. The van der Waals surface area contributed by atoms with E-state index in [1.165, 1.54) is 11.1 Å². The van der Waals surface area contributed by atoms with Crippen molar-refractivity contribution in [2.75, 3.05) is 27.2 Å². The lowest BCUT2D eigenvalue weighted by Gasteiger charge is -2.20. The zero-order valence-corrected chi connectivity index (χ0v) is 13.7. The molecule has 0 aliphatic heterocycles. The molecule has 114 valence electrons. The lowest BCUT2D eigenvalue weighted by atomic mass is 10.1. The van der Waals surface area contributed by atoms with Crippen molar-refractivity contribution in [1.29, 1.82) is 0 Å². The Kier molecular flexibility index (Phi) is 7.20. The van der Waals surface area contributed by atoms with Crippen LogP contribution in [0.2, 0.25) is 0 Å². The van der Waals surface area contributed by atoms with Crippen molar-refractivity contribution in [2.24, 2.45) is 0 Å². The van der Waals surface area contributed by atoms with Crippen LogP contribution in [0.25, 0.3) is 0 Å². The molecule has 0 aliphatic carbocycles. The third-order valence-corrected chi connectivity index (χ3v) is 2.98. The molecule has 0 spiro atoms. The third-order valence-electron chi connectivity index (χ3n) is 2.98. The van der Waals surface area contributed by atoms with Gasteiger partial charge in [0.15, 0.2) is 0 Å². The lowest BCUT2D eigenvalue weighted by Crippen LogP contribution is -2.35. The van der Waals surface area contributed by atoms with E-state index in [0.717, 1.165) is 26.1 Å². The molecule has 1 aromatic rings. The molecule has 3 nitrogen and oxygen atoms in total. The summed E-state index contributed by atoms with van der Waals surface area (Å²) in [5, 5.41) is 3.51. The van der Waals surface area contributed by atoms with Crippen molar-refractivity contribution in [3.8, 4) is 0 Å². The fourth-order valence-electron chi connectivity index (χ4n) is 1.87. The smallest absolute Gasteiger partial charge is 0.0716 e. The van der Waals surface area contributed by atoms with Gasteiger partial charge in [0.1, 0.15) is 0 Å². The van der Waals surface area contributed by atoms with Crippen LogP contribution >= 0.6 is 0 Å². The topological polar surface area (TPSA) is 24.5 Å². The van der Waals surface area contributed by atoms with E-state index in [-0.39, 0.29) is 5.54 Å². The van der Waals surface area contributed by atoms with Gasteiger partial charge in [-0.1, -0.05) is 24.3 Å². The van der Waals surface area contributed by atoms with Gasteiger partial charge in [-0.15, -0.1) is 0 Å². The number of rotatable bonds is 8. The lowest BCUT2D eigenvalue weighted by molar-refractivity contribution is 0.113. The maximum absolute atomic E-state index is 5.72. The van der Waals surface area contributed by atoms with Gasteiger partial charge in [-0.2, -0.15) is 0 Å². The van der Waals surface area contributed by atoms with Crippen LogP contribution in [0.4, 0.5) is 0 Å². The Bertz CT molecular complexity index is 383. The molecule has 0 bridgehead atoms. The molecule has 0 amide bonds. The predicted octanol–water partition coefficient (Wildman–Crippen LogP) is 3.04. The van der Waals surface area contributed by atoms with Gasteiger partial charge in [0.25, 0.3) is 0 Å². The van der Waals surface area contributed by atoms with Crippen LogP contribution in [-0.2, 0) is 17.9 Å². The first-order valence-corrected chi connectivity index (χ1v) is 7.42. The maximum atomic E-state index is 5.72. The van der Waals surface area contributed by atoms with E-state index < -0.39 is 0 Å². The number of hydrogen-bond donors (Lipinski definition) is 1. The predicted molar refractivity (Wildman–Crippen MR) is 85.9 cm³/mol. The molecular formula is C17H30N2O. The SMILES string of the molecule is CN(C)CCCOCc1cccc(CNC(C)(C)C)c1. The van der Waals surface area contributed by atoms with E-state index in [2.05, 4.69) is 69.3 Å². The van der Waals surface area contributed by atoms with Crippen molar-refractivity contribution in [3.63, 3.8) is 0 Å². The van der Waals surface area contributed by atoms with Gasteiger partial charge in [-0.3, -0.25) is 0 Å². The highest BCUT2D eigenvalue weighted by atomic mass is 16.5. The van der Waals surface area contributed by atoms with Gasteiger partial charge in [-0.25, -0.2) is 0 Å². The highest BCUT2D eigenvalue weighted by molar-refractivity contribution is 5.23. The Hall–Kier alpha value is -0.900. The zero-order valence-electron chi connectivity index (χ0n) is 13.7. The molecule has 1 aromatic carbocycles. The molecule has 0 radical (unpaired) electrons. The summed E-state index contributed by atoms with van der Waals surface area (Å²) in [7, 11) is 4.18. The molecule has 0 saturated heterocycles. The van der Waals surface area contributed by atoms with Crippen LogP contribution in [0.3, 0.4) is 0 Å². The zero-order chi connectivity index (χ0) is 15.0. The van der Waals surface area contributed by atoms with Crippen molar-refractivity contribution in [3.05, 3.63) is 35.4 Å². The minimum Gasteiger partial charge on any atom is -0.377 e. The molecule has 0 heterocycles. The minimum atomic E-state index is 0.151. The summed E-state index contributed by atoms with van der Waals surface area (Å²) in [5.41, 5.74) is 2.72. The fourth-order valence-corrected chi connectivity index (χ4v) is 1.87. The van der Waals surface area contributed by atoms with Crippen molar-refractivity contribution < 1.29 is 4.74 Å². The van der Waals surface area contributed by atoms with E-state index in [1.54, 1.807) is 0 Å². The number of nitrogens with one attached hydrogen (secondary N) is 1. The Labute approximate surface area is 124 Å². The van der Waals surface area contributed by atoms with E-state index in [4.69, 9.17) is 4.74 Å². The second-order valence-corrected chi connectivity index (χ2v) is 6.63. The summed E-state index contributed by atoms with van der Waals surface area (Å²) >= 11 is 0. The second-order valence-electron chi connectivity index (χ2n) is 6.63. The average Bonchev–Trinajstić information content (AvgIpc) is 2.35. The van der Waals surface area contributed by atoms with Crippen LogP contribution < -0.4 is 5.32 Å². The van der Waals surface area contributed by atoms with Gasteiger partial charge >= 0.3 is 0 Å². The fraction of sp³-hybridized carbons (Fsp3) is 0.647. The summed E-state index contributed by atoms with van der Waals surface area (Å²) < 4.78 is 5.72. The van der Waals surface area contributed by atoms with Crippen LogP contribution in [0.1, 0.15) is 38.3 Å². The van der Waals surface area contributed by atoms with Crippen LogP contribution in [0.5, 0.6) is 0 Å². The molecule has 0 unspecified atom stereocenters. The van der Waals surface area contributed by atoms with Gasteiger partial charge in [0.2, 0.25) is 0 Å². The Morgan fingerprint density at radius 3 is 2.50 bits per heavy atom. The van der Waals surface area contributed by atoms with Crippen LogP contribution in [-0.4, -0.2) is 37.7 Å². The quantitative estimate of drug-likeness (QED) is 0.740. The highest BCUT2D eigenvalue weighted by Crippen LogP contribution is 2.09. The molecule has 0 aliphatic rings. The van der Waals surface area contributed by atoms with E-state index in [0.29, 0.717) is 6.61 Å². The summed E-state index contributed by atoms with van der Waals surface area (Å²) in [6.45, 7) is 10.1. The van der Waals surface area contributed by atoms with Gasteiger partial charge in [-0.05, 0) is 59.0 Å². The monoisotopic (exact) mass is 278 g/mol. The molecule has 3 heteroatoms. The Morgan fingerprint density at radius 1 is 1.15 bits per heavy atom. The molecule has 0 atom stereocenters. The largest absolute Gasteiger partial charge is 0.377 e. The van der Waals surface area contributed by atoms with E-state index in [9.17, 15) is 0 Å². The first kappa shape index (κ1) is 17.2. The number of nitrogens with zero attached hydrogens (tertiary/aromatic N) is 1. The average molecular weight is 278 g/mol. The molecule has 1 rings (SSSR count). The number of hydrogen-bond acceptors (Lipinski definition) is 3. The molecule has 0 saturated carbocycles. The Balaban J connectivity index is 2.32. The number of ether oxygens (including phenoxy) is 1. The Morgan fingerprint density at radius 2 is 1.85 bits per heavy atom. The standard InChI is InChI=1S/C17H30N2O/c1-17(2,3)18-13-15-8-6-9-16(12-15)14-20-11-7-10-19(4)5/h6,8-9,12,18H,7,10-11,13-14H2,1-5H3. The molecule has 0 aromatic heterocycles. The van der Waals surface area contributed by atoms with E-state index in [1.807, 2.05) is 0 Å². The number of benzene rings is 1. The van der Waals surface area contributed by atoms with Crippen molar-refractivity contribution in [1.82, 2.24) is 10.2 Å². The molecular weight excluding hydrogens is 248 g/mol. The maximum Gasteiger partial charge on any atom is 0.0716 e. The second kappa shape index (κ2) is 8.40. The van der Waals surface area contributed by atoms with Gasteiger partial charge < -0.3 is 15.0 Å². The summed E-state index contributed by atoms with van der Waals surface area (Å²) in [5.74, 6) is 0. The summed E-state index contributed by atoms with van der Waals surface area (Å²) in [6, 6.07) is 8.63. The van der Waals surface area contributed by atoms with Crippen LogP contribution in [0, 0.1) is 0 Å². The normalized spacial score (nSPS) is 12.1. The van der Waals surface area contributed by atoms with Gasteiger partial charge in [0, 0.05) is 18.7 Å². The first-order valence-electron chi connectivity index (χ1n) is 7.42. The van der Waals surface area contributed by atoms with E-state index >= 15 is 0 Å². The van der Waals surface area contributed by atoms with Gasteiger partial charge in [0.05, 0.1) is 6.61 Å². The molecule has 20 heavy (non-hydrogen) atoms. The first-order chi connectivity index (χ1) is 9.37. The third kappa shape index (κ3) is 8.31. The van der Waals surface area contributed by atoms with Crippen molar-refractivity contribution >= 4 is 0 Å².